The van der Waals surface area contributed by atoms with E-state index in [1.165, 1.54) is 36.9 Å². The predicted molar refractivity (Wildman–Crippen MR) is 97.3 cm³/mol. The maximum Gasteiger partial charge on any atom is 0.416 e. The third kappa shape index (κ3) is 3.48. The molecule has 0 bridgehead atoms. The highest BCUT2D eigenvalue weighted by atomic mass is 19.4. The molecule has 0 aliphatic carbocycles. The number of benzene rings is 1. The average molecular weight is 406 g/mol. The van der Waals surface area contributed by atoms with E-state index < -0.39 is 41.2 Å². The molecule has 1 aliphatic heterocycles. The number of carbonyl (C=O) groups excluding carboxylic acids is 3. The van der Waals surface area contributed by atoms with Crippen LogP contribution in [0.4, 0.5) is 18.9 Å². The summed E-state index contributed by atoms with van der Waals surface area (Å²) in [6, 6.07) is 4.32. The van der Waals surface area contributed by atoms with E-state index in [1.54, 1.807) is 0 Å². The Hall–Kier alpha value is -3.23. The number of carbonyl (C=O) groups is 3. The van der Waals surface area contributed by atoms with E-state index in [2.05, 4.69) is 0 Å². The second kappa shape index (κ2) is 6.98. The van der Waals surface area contributed by atoms with Gasteiger partial charge in [-0.2, -0.15) is 13.2 Å². The molecule has 6 nitrogen and oxygen atoms in total. The SMILES string of the molecule is CC(=O)C1C(=O)C(=O)N(c2cc(C)c(=O)n(C)c2)C1c1cccc(C(F)(F)F)c1. The number of anilines is 1. The monoisotopic (exact) mass is 406 g/mol. The van der Waals surface area contributed by atoms with E-state index in [4.69, 9.17) is 0 Å². The fourth-order valence-electron chi connectivity index (χ4n) is 3.58. The van der Waals surface area contributed by atoms with Gasteiger partial charge in [-0.25, -0.2) is 0 Å². The van der Waals surface area contributed by atoms with Gasteiger partial charge in [-0.3, -0.25) is 24.1 Å². The number of alkyl halides is 3. The number of rotatable bonds is 3. The molecule has 1 aliphatic rings. The number of aromatic nitrogens is 1. The van der Waals surface area contributed by atoms with Gasteiger partial charge >= 0.3 is 6.18 Å². The zero-order valence-corrected chi connectivity index (χ0v) is 15.8. The number of hydrogen-bond acceptors (Lipinski definition) is 4. The van der Waals surface area contributed by atoms with E-state index in [0.717, 1.165) is 30.0 Å². The molecule has 1 aromatic carbocycles. The number of hydrogen-bond donors (Lipinski definition) is 0. The number of nitrogens with zero attached hydrogens (tertiary/aromatic N) is 2. The van der Waals surface area contributed by atoms with Gasteiger partial charge < -0.3 is 4.57 Å². The summed E-state index contributed by atoms with van der Waals surface area (Å²) in [5.41, 5.74) is -0.856. The van der Waals surface area contributed by atoms with Crippen LogP contribution in [0.5, 0.6) is 0 Å². The average Bonchev–Trinajstić information content (AvgIpc) is 2.90. The van der Waals surface area contributed by atoms with Crippen LogP contribution in [0, 0.1) is 12.8 Å². The second-order valence-corrected chi connectivity index (χ2v) is 6.99. The molecule has 0 N–H and O–H groups in total. The van der Waals surface area contributed by atoms with Crippen LogP contribution in [0.15, 0.2) is 41.3 Å². The van der Waals surface area contributed by atoms with Gasteiger partial charge in [0, 0.05) is 18.8 Å². The van der Waals surface area contributed by atoms with Crippen LogP contribution in [0.25, 0.3) is 0 Å². The lowest BCUT2D eigenvalue weighted by atomic mass is 9.89. The lowest BCUT2D eigenvalue weighted by Crippen LogP contribution is -2.32. The van der Waals surface area contributed by atoms with Crippen molar-refractivity contribution in [2.45, 2.75) is 26.1 Å². The zero-order valence-electron chi connectivity index (χ0n) is 15.8. The first-order valence-corrected chi connectivity index (χ1v) is 8.65. The van der Waals surface area contributed by atoms with Gasteiger partial charge in [0.15, 0.2) is 0 Å². The minimum absolute atomic E-state index is 0.00531. The Kier molecular flexibility index (Phi) is 4.94. The molecule has 2 atom stereocenters. The Morgan fingerprint density at radius 2 is 1.76 bits per heavy atom. The first-order valence-electron chi connectivity index (χ1n) is 8.65. The highest BCUT2D eigenvalue weighted by Crippen LogP contribution is 2.41. The van der Waals surface area contributed by atoms with Crippen molar-refractivity contribution < 1.29 is 27.6 Å². The summed E-state index contributed by atoms with van der Waals surface area (Å²) in [6.45, 7) is 2.63. The van der Waals surface area contributed by atoms with E-state index in [-0.39, 0.29) is 22.4 Å². The summed E-state index contributed by atoms with van der Waals surface area (Å²) in [6.07, 6.45) is -3.32. The van der Waals surface area contributed by atoms with Crippen molar-refractivity contribution >= 4 is 23.2 Å². The van der Waals surface area contributed by atoms with Crippen LogP contribution >= 0.6 is 0 Å². The first kappa shape index (κ1) is 20.5. The fraction of sp³-hybridized carbons (Fsp3) is 0.300. The van der Waals surface area contributed by atoms with E-state index in [9.17, 15) is 32.3 Å². The van der Waals surface area contributed by atoms with Crippen molar-refractivity contribution in [3.63, 3.8) is 0 Å². The van der Waals surface area contributed by atoms with Gasteiger partial charge in [0.25, 0.3) is 11.5 Å². The van der Waals surface area contributed by atoms with Gasteiger partial charge in [0.05, 0.1) is 17.3 Å². The smallest absolute Gasteiger partial charge is 0.316 e. The van der Waals surface area contributed by atoms with Crippen molar-refractivity contribution in [3.8, 4) is 0 Å². The van der Waals surface area contributed by atoms with Crippen LogP contribution in [-0.4, -0.2) is 22.0 Å². The molecular formula is C20H17F3N2O4. The van der Waals surface area contributed by atoms with Crippen molar-refractivity contribution in [3.05, 3.63) is 63.6 Å². The summed E-state index contributed by atoms with van der Waals surface area (Å²) >= 11 is 0. The molecule has 1 aromatic heterocycles. The summed E-state index contributed by atoms with van der Waals surface area (Å²) in [5.74, 6) is -4.07. The number of pyridine rings is 1. The molecule has 0 saturated carbocycles. The molecule has 2 heterocycles. The lowest BCUT2D eigenvalue weighted by molar-refractivity contribution is -0.138. The third-order valence-electron chi connectivity index (χ3n) is 4.93. The third-order valence-corrected chi connectivity index (χ3v) is 4.93. The number of halogens is 3. The van der Waals surface area contributed by atoms with E-state index in [0.29, 0.717) is 0 Å². The molecule has 2 aromatic rings. The zero-order chi connectivity index (χ0) is 21.7. The molecule has 2 unspecified atom stereocenters. The number of Topliss-reactive ketones (excluding diaryl/α,β-unsaturated/α-hetero) is 2. The van der Waals surface area contributed by atoms with Crippen LogP contribution in [0.1, 0.15) is 29.7 Å². The van der Waals surface area contributed by atoms with Crippen molar-refractivity contribution in [2.24, 2.45) is 13.0 Å². The minimum atomic E-state index is -4.63. The number of amides is 1. The minimum Gasteiger partial charge on any atom is -0.316 e. The Morgan fingerprint density at radius 1 is 1.10 bits per heavy atom. The van der Waals surface area contributed by atoms with Crippen LogP contribution in [0.3, 0.4) is 0 Å². The topological polar surface area (TPSA) is 76.5 Å². The van der Waals surface area contributed by atoms with E-state index >= 15 is 0 Å². The maximum atomic E-state index is 13.2. The molecule has 1 saturated heterocycles. The van der Waals surface area contributed by atoms with Crippen molar-refractivity contribution in [1.82, 2.24) is 4.57 Å². The van der Waals surface area contributed by atoms with Gasteiger partial charge in [-0.05, 0) is 37.6 Å². The molecule has 1 amide bonds. The molecule has 1 fully saturated rings. The Morgan fingerprint density at radius 3 is 2.31 bits per heavy atom. The van der Waals surface area contributed by atoms with Gasteiger partial charge in [-0.1, -0.05) is 12.1 Å². The quantitative estimate of drug-likeness (QED) is 0.580. The molecule has 3 rings (SSSR count). The standard InChI is InChI=1S/C20H17F3N2O4/c1-10-7-14(9-24(3)18(10)28)25-16(15(11(2)26)17(27)19(25)29)12-5-4-6-13(8-12)20(21,22)23/h4-9,15-16H,1-3H3. The van der Waals surface area contributed by atoms with Gasteiger partial charge in [-0.15, -0.1) is 0 Å². The van der Waals surface area contributed by atoms with Gasteiger partial charge in [0.2, 0.25) is 5.78 Å². The summed E-state index contributed by atoms with van der Waals surface area (Å²) < 4.78 is 40.7. The Bertz CT molecular complexity index is 1060. The predicted octanol–water partition coefficient (Wildman–Crippen LogP) is 2.57. The van der Waals surface area contributed by atoms with Crippen LogP contribution in [-0.2, 0) is 27.6 Å². The largest absolute Gasteiger partial charge is 0.416 e. The molecule has 29 heavy (non-hydrogen) atoms. The summed E-state index contributed by atoms with van der Waals surface area (Å²) in [7, 11) is 1.45. The number of aryl methyl sites for hydroxylation is 2. The normalized spacial score (nSPS) is 19.7. The van der Waals surface area contributed by atoms with Gasteiger partial charge in [0.1, 0.15) is 11.7 Å². The summed E-state index contributed by atoms with van der Waals surface area (Å²) in [5, 5.41) is 0. The van der Waals surface area contributed by atoms with Crippen molar-refractivity contribution in [2.75, 3.05) is 4.90 Å². The van der Waals surface area contributed by atoms with Crippen molar-refractivity contribution in [1.29, 1.82) is 0 Å². The molecular weight excluding hydrogens is 389 g/mol. The maximum absolute atomic E-state index is 13.2. The van der Waals surface area contributed by atoms with Crippen LogP contribution < -0.4 is 10.5 Å². The molecule has 0 spiro atoms. The molecule has 9 heteroatoms. The molecule has 152 valence electrons. The highest BCUT2D eigenvalue weighted by molar-refractivity contribution is 6.48. The number of ketones is 2. The van der Waals surface area contributed by atoms with E-state index in [1.807, 2.05) is 0 Å². The Labute approximate surface area is 163 Å². The highest BCUT2D eigenvalue weighted by Gasteiger charge is 2.51. The Balaban J connectivity index is 2.24. The second-order valence-electron chi connectivity index (χ2n) is 6.99. The lowest BCUT2D eigenvalue weighted by Gasteiger charge is -2.28. The molecule has 0 radical (unpaired) electrons. The summed E-state index contributed by atoms with van der Waals surface area (Å²) in [4.78, 5) is 50.4. The first-order chi connectivity index (χ1) is 13.4. The fourth-order valence-corrected chi connectivity index (χ4v) is 3.58. The van der Waals surface area contributed by atoms with Crippen LogP contribution in [0.2, 0.25) is 0 Å².